The first-order chi connectivity index (χ1) is 10.3. The van der Waals surface area contributed by atoms with Crippen LogP contribution in [-0.2, 0) is 6.54 Å². The highest BCUT2D eigenvalue weighted by atomic mass is 14.8. The van der Waals surface area contributed by atoms with Crippen molar-refractivity contribution in [2.45, 2.75) is 20.4 Å². The largest absolute Gasteiger partial charge is 0.313 e. The van der Waals surface area contributed by atoms with Crippen LogP contribution in [0.15, 0.2) is 54.9 Å². The quantitative estimate of drug-likeness (QED) is 0.767. The van der Waals surface area contributed by atoms with E-state index in [0.29, 0.717) is 0 Å². The zero-order chi connectivity index (χ0) is 14.7. The van der Waals surface area contributed by atoms with Crippen LogP contribution in [0.4, 0.5) is 0 Å². The first kappa shape index (κ1) is 13.8. The Balaban J connectivity index is 2.13. The number of hydrogen-bond acceptors (Lipinski definition) is 2. The number of aryl methyl sites for hydroxylation is 1. The van der Waals surface area contributed by atoms with Gasteiger partial charge in [0.1, 0.15) is 0 Å². The van der Waals surface area contributed by atoms with E-state index in [1.807, 2.05) is 12.4 Å². The maximum absolute atomic E-state index is 4.41. The van der Waals surface area contributed by atoms with Gasteiger partial charge in [0.2, 0.25) is 0 Å². The van der Waals surface area contributed by atoms with Gasteiger partial charge in [0.05, 0.1) is 0 Å². The van der Waals surface area contributed by atoms with Gasteiger partial charge >= 0.3 is 0 Å². The number of nitrogens with one attached hydrogen (secondary N) is 1. The summed E-state index contributed by atoms with van der Waals surface area (Å²) in [7, 11) is 0. The fraction of sp³-hybridized carbons (Fsp3) is 0.211. The maximum Gasteiger partial charge on any atom is 0.0352 e. The van der Waals surface area contributed by atoms with Crippen molar-refractivity contribution in [1.82, 2.24) is 10.3 Å². The minimum absolute atomic E-state index is 0.905. The van der Waals surface area contributed by atoms with Gasteiger partial charge in [-0.15, -0.1) is 0 Å². The first-order valence-electron chi connectivity index (χ1n) is 7.43. The second kappa shape index (κ2) is 6.06. The molecule has 2 heteroatoms. The molecule has 0 bridgehead atoms. The van der Waals surface area contributed by atoms with Gasteiger partial charge in [0, 0.05) is 29.9 Å². The molecule has 106 valence electrons. The number of aromatic nitrogens is 1. The molecule has 0 unspecified atom stereocenters. The SMILES string of the molecule is CCNCc1ccc(C)c(-c2cncc3ccccc23)c1. The molecule has 2 nitrogen and oxygen atoms in total. The average molecular weight is 276 g/mol. The number of pyridine rings is 1. The van der Waals surface area contributed by atoms with Gasteiger partial charge < -0.3 is 5.32 Å². The van der Waals surface area contributed by atoms with Crippen LogP contribution in [-0.4, -0.2) is 11.5 Å². The summed E-state index contributed by atoms with van der Waals surface area (Å²) in [6.07, 6.45) is 3.90. The standard InChI is InChI=1S/C19H20N2/c1-3-20-11-15-9-8-14(2)18(10-15)19-13-21-12-16-6-4-5-7-17(16)19/h4-10,12-13,20H,3,11H2,1-2H3. The van der Waals surface area contributed by atoms with Gasteiger partial charge in [-0.25, -0.2) is 0 Å². The number of rotatable bonds is 4. The minimum atomic E-state index is 0.905. The Kier molecular flexibility index (Phi) is 3.98. The molecule has 2 aromatic carbocycles. The third-order valence-electron chi connectivity index (χ3n) is 3.84. The van der Waals surface area contributed by atoms with E-state index >= 15 is 0 Å². The van der Waals surface area contributed by atoms with Crippen LogP contribution in [0.5, 0.6) is 0 Å². The van der Waals surface area contributed by atoms with Gasteiger partial charge in [0.15, 0.2) is 0 Å². The van der Waals surface area contributed by atoms with Crippen LogP contribution in [0.2, 0.25) is 0 Å². The van der Waals surface area contributed by atoms with Crippen LogP contribution < -0.4 is 5.32 Å². The molecule has 0 atom stereocenters. The second-order valence-corrected chi connectivity index (χ2v) is 5.34. The van der Waals surface area contributed by atoms with Gasteiger partial charge in [-0.3, -0.25) is 4.98 Å². The van der Waals surface area contributed by atoms with E-state index in [1.54, 1.807) is 0 Å². The smallest absolute Gasteiger partial charge is 0.0352 e. The van der Waals surface area contributed by atoms with Crippen molar-refractivity contribution in [2.75, 3.05) is 6.54 Å². The summed E-state index contributed by atoms with van der Waals surface area (Å²) < 4.78 is 0. The molecule has 0 aliphatic rings. The molecule has 0 amide bonds. The lowest BCUT2D eigenvalue weighted by atomic mass is 9.95. The van der Waals surface area contributed by atoms with Crippen LogP contribution in [0, 0.1) is 6.92 Å². The lowest BCUT2D eigenvalue weighted by Gasteiger charge is -2.12. The molecule has 0 aliphatic heterocycles. The molecule has 1 aromatic heterocycles. The van der Waals surface area contributed by atoms with Crippen LogP contribution in [0.1, 0.15) is 18.1 Å². The normalized spacial score (nSPS) is 11.0. The van der Waals surface area contributed by atoms with E-state index in [-0.39, 0.29) is 0 Å². The highest BCUT2D eigenvalue weighted by Gasteiger charge is 2.08. The zero-order valence-corrected chi connectivity index (χ0v) is 12.6. The monoisotopic (exact) mass is 276 g/mol. The molecule has 0 radical (unpaired) electrons. The molecule has 1 N–H and O–H groups in total. The van der Waals surface area contributed by atoms with Crippen molar-refractivity contribution < 1.29 is 0 Å². The summed E-state index contributed by atoms with van der Waals surface area (Å²) in [4.78, 5) is 4.41. The fourth-order valence-electron chi connectivity index (χ4n) is 2.67. The third kappa shape index (κ3) is 2.81. The number of benzene rings is 2. The Bertz CT molecular complexity index is 757. The highest BCUT2D eigenvalue weighted by Crippen LogP contribution is 2.30. The van der Waals surface area contributed by atoms with Crippen LogP contribution in [0.25, 0.3) is 21.9 Å². The summed E-state index contributed by atoms with van der Waals surface area (Å²) in [6, 6.07) is 15.1. The Hall–Kier alpha value is -2.19. The molecule has 0 fully saturated rings. The molecule has 0 aliphatic carbocycles. The van der Waals surface area contributed by atoms with Crippen molar-refractivity contribution in [2.24, 2.45) is 0 Å². The van der Waals surface area contributed by atoms with Crippen molar-refractivity contribution in [1.29, 1.82) is 0 Å². The zero-order valence-electron chi connectivity index (χ0n) is 12.6. The summed E-state index contributed by atoms with van der Waals surface area (Å²) in [6.45, 7) is 6.18. The molecule has 3 rings (SSSR count). The van der Waals surface area contributed by atoms with Gasteiger partial charge in [0.25, 0.3) is 0 Å². The van der Waals surface area contributed by atoms with E-state index < -0.39 is 0 Å². The van der Waals surface area contributed by atoms with Gasteiger partial charge in [-0.2, -0.15) is 0 Å². The van der Waals surface area contributed by atoms with E-state index in [0.717, 1.165) is 13.1 Å². The second-order valence-electron chi connectivity index (χ2n) is 5.34. The van der Waals surface area contributed by atoms with Crippen LogP contribution >= 0.6 is 0 Å². The summed E-state index contributed by atoms with van der Waals surface area (Å²) >= 11 is 0. The van der Waals surface area contributed by atoms with E-state index in [4.69, 9.17) is 0 Å². The van der Waals surface area contributed by atoms with Crippen molar-refractivity contribution in [3.05, 3.63) is 66.0 Å². The molecule has 3 aromatic rings. The predicted octanol–water partition coefficient (Wildman–Crippen LogP) is 4.32. The number of nitrogens with zero attached hydrogens (tertiary/aromatic N) is 1. The van der Waals surface area contributed by atoms with E-state index in [1.165, 1.54) is 33.0 Å². The Morgan fingerprint density at radius 3 is 2.71 bits per heavy atom. The molecule has 21 heavy (non-hydrogen) atoms. The van der Waals surface area contributed by atoms with E-state index in [2.05, 4.69) is 66.6 Å². The first-order valence-corrected chi connectivity index (χ1v) is 7.43. The highest BCUT2D eigenvalue weighted by molar-refractivity contribution is 5.96. The minimum Gasteiger partial charge on any atom is -0.313 e. The average Bonchev–Trinajstić information content (AvgIpc) is 2.54. The molecule has 0 saturated heterocycles. The molecule has 1 heterocycles. The topological polar surface area (TPSA) is 24.9 Å². The lowest BCUT2D eigenvalue weighted by molar-refractivity contribution is 0.727. The summed E-state index contributed by atoms with van der Waals surface area (Å²) in [5.41, 5.74) is 5.08. The lowest BCUT2D eigenvalue weighted by Crippen LogP contribution is -2.11. The number of fused-ring (bicyclic) bond motifs is 1. The third-order valence-corrected chi connectivity index (χ3v) is 3.84. The predicted molar refractivity (Wildman–Crippen MR) is 89.3 cm³/mol. The summed E-state index contributed by atoms with van der Waals surface area (Å²) in [5, 5.41) is 5.83. The van der Waals surface area contributed by atoms with Gasteiger partial charge in [-0.05, 0) is 41.6 Å². The Labute approximate surface area is 125 Å². The van der Waals surface area contributed by atoms with E-state index in [9.17, 15) is 0 Å². The van der Waals surface area contributed by atoms with Crippen molar-refractivity contribution in [3.8, 4) is 11.1 Å². The number of hydrogen-bond donors (Lipinski definition) is 1. The van der Waals surface area contributed by atoms with Crippen molar-refractivity contribution in [3.63, 3.8) is 0 Å². The fourth-order valence-corrected chi connectivity index (χ4v) is 2.67. The molecule has 0 spiro atoms. The summed E-state index contributed by atoms with van der Waals surface area (Å²) in [5.74, 6) is 0. The molecular formula is C19H20N2. The van der Waals surface area contributed by atoms with Gasteiger partial charge in [-0.1, -0.05) is 43.3 Å². The molecular weight excluding hydrogens is 256 g/mol. The van der Waals surface area contributed by atoms with Crippen molar-refractivity contribution >= 4 is 10.8 Å². The maximum atomic E-state index is 4.41. The Morgan fingerprint density at radius 2 is 1.86 bits per heavy atom. The Morgan fingerprint density at radius 1 is 1.00 bits per heavy atom. The van der Waals surface area contributed by atoms with Crippen LogP contribution in [0.3, 0.4) is 0 Å². The molecule has 0 saturated carbocycles.